The lowest BCUT2D eigenvalue weighted by Gasteiger charge is -2.05. The molecule has 0 spiro atoms. The van der Waals surface area contributed by atoms with Crippen molar-refractivity contribution in [3.05, 3.63) is 61.4 Å². The zero-order valence-electron chi connectivity index (χ0n) is 14.1. The summed E-state index contributed by atoms with van der Waals surface area (Å²) in [5.41, 5.74) is 1.40. The van der Waals surface area contributed by atoms with E-state index in [1.807, 2.05) is 0 Å². The maximum atomic E-state index is 12.1. The molecule has 0 aliphatic carbocycles. The lowest BCUT2D eigenvalue weighted by Crippen LogP contribution is -2.13. The Morgan fingerprint density at radius 2 is 2.04 bits per heavy atom. The maximum absolute atomic E-state index is 12.1. The Morgan fingerprint density at radius 3 is 2.78 bits per heavy atom. The highest BCUT2D eigenvalue weighted by atomic mass is 16.5. The molecule has 4 aromatic heterocycles. The van der Waals surface area contributed by atoms with Gasteiger partial charge in [-0.05, 0) is 24.3 Å². The molecular weight excluding hydrogens is 348 g/mol. The van der Waals surface area contributed by atoms with Gasteiger partial charge in [-0.1, -0.05) is 5.16 Å². The first kappa shape index (κ1) is 16.5. The molecule has 0 saturated heterocycles. The van der Waals surface area contributed by atoms with Gasteiger partial charge >= 0.3 is 0 Å². The summed E-state index contributed by atoms with van der Waals surface area (Å²) >= 11 is 0. The van der Waals surface area contributed by atoms with Crippen molar-refractivity contribution in [3.63, 3.8) is 0 Å². The molecule has 0 unspecified atom stereocenters. The van der Waals surface area contributed by atoms with E-state index in [1.54, 1.807) is 49.2 Å². The summed E-state index contributed by atoms with van der Waals surface area (Å²) in [7, 11) is 0. The Morgan fingerprint density at radius 1 is 1.15 bits per heavy atom. The molecule has 0 aliphatic heterocycles. The van der Waals surface area contributed by atoms with Crippen molar-refractivity contribution >= 4 is 11.6 Å². The van der Waals surface area contributed by atoms with Gasteiger partial charge in [0.2, 0.25) is 17.6 Å². The number of aryl methyl sites for hydroxylation is 1. The molecule has 27 heavy (non-hydrogen) atoms. The lowest BCUT2D eigenvalue weighted by atomic mass is 10.2. The Hall–Kier alpha value is -3.95. The van der Waals surface area contributed by atoms with E-state index in [-0.39, 0.29) is 12.3 Å². The molecule has 10 heteroatoms. The van der Waals surface area contributed by atoms with Crippen LogP contribution in [-0.4, -0.2) is 40.8 Å². The van der Waals surface area contributed by atoms with Crippen molar-refractivity contribution in [2.75, 3.05) is 5.32 Å². The normalized spacial score (nSPS) is 10.7. The number of rotatable bonds is 6. The number of anilines is 1. The molecule has 0 radical (unpaired) electrons. The van der Waals surface area contributed by atoms with Crippen LogP contribution >= 0.6 is 0 Å². The summed E-state index contributed by atoms with van der Waals surface area (Å²) in [5.74, 6) is 1.31. The SMILES string of the molecule is O=C(CCc1nc(-c2ccncc2)no1)Nc1ccc(-n2cncn2)nc1. The van der Waals surface area contributed by atoms with Gasteiger partial charge in [0.25, 0.3) is 0 Å². The number of amides is 1. The molecule has 1 N–H and O–H groups in total. The molecule has 0 aromatic carbocycles. The molecule has 0 fully saturated rings. The first-order chi connectivity index (χ1) is 13.3. The van der Waals surface area contributed by atoms with E-state index in [4.69, 9.17) is 4.52 Å². The quantitative estimate of drug-likeness (QED) is 0.549. The Labute approximate surface area is 153 Å². The summed E-state index contributed by atoms with van der Waals surface area (Å²) in [5, 5.41) is 10.7. The molecule has 134 valence electrons. The summed E-state index contributed by atoms with van der Waals surface area (Å²) < 4.78 is 6.72. The second kappa shape index (κ2) is 7.52. The maximum Gasteiger partial charge on any atom is 0.227 e. The minimum atomic E-state index is -0.172. The third-order valence-corrected chi connectivity index (χ3v) is 3.66. The number of carbonyl (C=O) groups excluding carboxylic acids is 1. The number of nitrogens with zero attached hydrogens (tertiary/aromatic N) is 7. The number of hydrogen-bond acceptors (Lipinski definition) is 8. The van der Waals surface area contributed by atoms with Crippen LogP contribution in [0.2, 0.25) is 0 Å². The Balaban J connectivity index is 1.32. The minimum absolute atomic E-state index is 0.172. The molecule has 0 bridgehead atoms. The van der Waals surface area contributed by atoms with E-state index in [1.165, 1.54) is 11.0 Å². The van der Waals surface area contributed by atoms with E-state index in [0.717, 1.165) is 5.56 Å². The largest absolute Gasteiger partial charge is 0.339 e. The minimum Gasteiger partial charge on any atom is -0.339 e. The van der Waals surface area contributed by atoms with Crippen LogP contribution in [0.1, 0.15) is 12.3 Å². The predicted molar refractivity (Wildman–Crippen MR) is 93.6 cm³/mol. The van der Waals surface area contributed by atoms with Crippen LogP contribution in [0, 0.1) is 0 Å². The van der Waals surface area contributed by atoms with E-state index < -0.39 is 0 Å². The van der Waals surface area contributed by atoms with Crippen LogP contribution in [0.15, 0.2) is 60.0 Å². The Bertz CT molecular complexity index is 1010. The number of carbonyl (C=O) groups is 1. The second-order valence-corrected chi connectivity index (χ2v) is 5.54. The zero-order chi connectivity index (χ0) is 18.5. The highest BCUT2D eigenvalue weighted by molar-refractivity contribution is 5.90. The third kappa shape index (κ3) is 4.00. The van der Waals surface area contributed by atoms with E-state index in [0.29, 0.717) is 29.6 Å². The van der Waals surface area contributed by atoms with Gasteiger partial charge in [-0.2, -0.15) is 10.1 Å². The fraction of sp³-hybridized carbons (Fsp3) is 0.118. The van der Waals surface area contributed by atoms with Crippen LogP contribution in [0.3, 0.4) is 0 Å². The summed E-state index contributed by atoms with van der Waals surface area (Å²) in [4.78, 5) is 28.4. The van der Waals surface area contributed by atoms with Crippen molar-refractivity contribution in [2.24, 2.45) is 0 Å². The van der Waals surface area contributed by atoms with Gasteiger partial charge in [0.15, 0.2) is 5.82 Å². The summed E-state index contributed by atoms with van der Waals surface area (Å²) in [6, 6.07) is 7.06. The van der Waals surface area contributed by atoms with Gasteiger partial charge in [0.1, 0.15) is 12.7 Å². The molecule has 0 atom stereocenters. The lowest BCUT2D eigenvalue weighted by molar-refractivity contribution is -0.116. The number of hydrogen-bond donors (Lipinski definition) is 1. The second-order valence-electron chi connectivity index (χ2n) is 5.54. The molecule has 1 amide bonds. The monoisotopic (exact) mass is 362 g/mol. The van der Waals surface area contributed by atoms with Crippen LogP contribution in [0.5, 0.6) is 0 Å². The van der Waals surface area contributed by atoms with E-state index in [9.17, 15) is 4.79 Å². The van der Waals surface area contributed by atoms with Gasteiger partial charge in [-0.3, -0.25) is 9.78 Å². The zero-order valence-corrected chi connectivity index (χ0v) is 14.1. The predicted octanol–water partition coefficient (Wildman–Crippen LogP) is 1.68. The summed E-state index contributed by atoms with van der Waals surface area (Å²) in [6.07, 6.45) is 8.39. The topological polar surface area (TPSA) is 125 Å². The molecule has 4 rings (SSSR count). The molecule has 10 nitrogen and oxygen atoms in total. The van der Waals surface area contributed by atoms with Crippen LogP contribution in [-0.2, 0) is 11.2 Å². The first-order valence-electron chi connectivity index (χ1n) is 8.12. The van der Waals surface area contributed by atoms with Crippen LogP contribution < -0.4 is 5.32 Å². The standard InChI is InChI=1S/C17H14N8O2/c26-15(22-13-1-2-14(20-9-13)25-11-19-10-21-25)3-4-16-23-17(24-27-16)12-5-7-18-8-6-12/h1-2,5-11H,3-4H2,(H,22,26). The average Bonchev–Trinajstić information content (AvgIpc) is 3.40. The fourth-order valence-electron chi connectivity index (χ4n) is 2.34. The van der Waals surface area contributed by atoms with Crippen molar-refractivity contribution < 1.29 is 9.32 Å². The van der Waals surface area contributed by atoms with E-state index in [2.05, 4.69) is 35.5 Å². The third-order valence-electron chi connectivity index (χ3n) is 3.66. The molecule has 4 heterocycles. The Kier molecular flexibility index (Phi) is 4.60. The highest BCUT2D eigenvalue weighted by Gasteiger charge is 2.11. The van der Waals surface area contributed by atoms with Gasteiger partial charge in [0.05, 0.1) is 11.9 Å². The van der Waals surface area contributed by atoms with Crippen molar-refractivity contribution in [3.8, 4) is 17.2 Å². The average molecular weight is 362 g/mol. The van der Waals surface area contributed by atoms with Gasteiger partial charge in [-0.25, -0.2) is 14.6 Å². The van der Waals surface area contributed by atoms with Crippen molar-refractivity contribution in [2.45, 2.75) is 12.8 Å². The number of pyridine rings is 2. The molecule has 4 aromatic rings. The number of aromatic nitrogens is 7. The van der Waals surface area contributed by atoms with Gasteiger partial charge < -0.3 is 9.84 Å². The summed E-state index contributed by atoms with van der Waals surface area (Å²) in [6.45, 7) is 0. The van der Waals surface area contributed by atoms with Crippen molar-refractivity contribution in [1.29, 1.82) is 0 Å². The van der Waals surface area contributed by atoms with Crippen LogP contribution in [0.4, 0.5) is 5.69 Å². The van der Waals surface area contributed by atoms with Crippen molar-refractivity contribution in [1.82, 2.24) is 34.9 Å². The fourth-order valence-corrected chi connectivity index (χ4v) is 2.34. The van der Waals surface area contributed by atoms with Gasteiger partial charge in [-0.15, -0.1) is 0 Å². The molecular formula is C17H14N8O2. The van der Waals surface area contributed by atoms with E-state index >= 15 is 0 Å². The molecule has 0 saturated carbocycles. The van der Waals surface area contributed by atoms with Crippen LogP contribution in [0.25, 0.3) is 17.2 Å². The smallest absolute Gasteiger partial charge is 0.227 e. The van der Waals surface area contributed by atoms with Gasteiger partial charge in [0, 0.05) is 30.8 Å². The molecule has 0 aliphatic rings. The number of nitrogens with one attached hydrogen (secondary N) is 1. The first-order valence-corrected chi connectivity index (χ1v) is 8.12. The highest BCUT2D eigenvalue weighted by Crippen LogP contribution is 2.15.